The number of ether oxygens (including phenoxy) is 2. The van der Waals surface area contributed by atoms with Crippen molar-refractivity contribution >= 4 is 29.1 Å². The van der Waals surface area contributed by atoms with Gasteiger partial charge >= 0.3 is 0 Å². The number of halogens is 1. The Morgan fingerprint density at radius 3 is 2.41 bits per heavy atom. The Morgan fingerprint density at radius 2 is 1.83 bits per heavy atom. The molecule has 2 aromatic carbocycles. The number of carbonyl (C=O) groups is 2. The van der Waals surface area contributed by atoms with Gasteiger partial charge in [0, 0.05) is 24.2 Å². The minimum Gasteiger partial charge on any atom is -0.507 e. The van der Waals surface area contributed by atoms with Crippen LogP contribution in [-0.4, -0.2) is 54.2 Å². The van der Waals surface area contributed by atoms with Crippen molar-refractivity contribution < 1.29 is 29.3 Å². The van der Waals surface area contributed by atoms with E-state index in [4.69, 9.17) is 21.1 Å². The second kappa shape index (κ2) is 8.55. The van der Waals surface area contributed by atoms with Gasteiger partial charge < -0.3 is 24.6 Å². The maximum atomic E-state index is 12.8. The van der Waals surface area contributed by atoms with Crippen LogP contribution in [-0.2, 0) is 14.3 Å². The number of methoxy groups -OCH3 is 2. The zero-order chi connectivity index (χ0) is 21.1. The molecule has 0 aromatic heterocycles. The van der Waals surface area contributed by atoms with Crippen molar-refractivity contribution in [1.29, 1.82) is 0 Å². The number of hydrogen-bond acceptors (Lipinski definition) is 6. The van der Waals surface area contributed by atoms with Crippen LogP contribution in [0.25, 0.3) is 5.76 Å². The number of aliphatic hydroxyl groups is 1. The number of ketones is 1. The van der Waals surface area contributed by atoms with E-state index in [0.29, 0.717) is 16.1 Å². The molecule has 0 aliphatic carbocycles. The molecule has 1 heterocycles. The zero-order valence-electron chi connectivity index (χ0n) is 15.9. The first-order valence-corrected chi connectivity index (χ1v) is 9.17. The fourth-order valence-electron chi connectivity index (χ4n) is 3.29. The SMILES string of the molecule is COCCN1C(=O)C(=O)/C(=C(\O)c2ccc(Cl)cc2)C1c1ccc(OC)c(O)c1. The lowest BCUT2D eigenvalue weighted by Gasteiger charge is -2.25. The molecule has 29 heavy (non-hydrogen) atoms. The molecule has 1 atom stereocenters. The van der Waals surface area contributed by atoms with Gasteiger partial charge in [-0.1, -0.05) is 17.7 Å². The average Bonchev–Trinajstić information content (AvgIpc) is 2.96. The Balaban J connectivity index is 2.17. The molecule has 1 saturated heterocycles. The average molecular weight is 418 g/mol. The maximum Gasteiger partial charge on any atom is 0.295 e. The first kappa shape index (κ1) is 20.7. The Hall–Kier alpha value is -3.03. The van der Waals surface area contributed by atoms with E-state index in [1.165, 1.54) is 31.3 Å². The molecule has 2 N–H and O–H groups in total. The number of nitrogens with zero attached hydrogens (tertiary/aromatic N) is 1. The number of hydrogen-bond donors (Lipinski definition) is 2. The third kappa shape index (κ3) is 3.92. The fourth-order valence-corrected chi connectivity index (χ4v) is 3.41. The normalized spacial score (nSPS) is 18.3. The molecule has 1 aliphatic rings. The topological polar surface area (TPSA) is 96.3 Å². The Kier molecular flexibility index (Phi) is 6.10. The smallest absolute Gasteiger partial charge is 0.295 e. The second-order valence-electron chi connectivity index (χ2n) is 6.42. The van der Waals surface area contributed by atoms with Gasteiger partial charge in [-0.05, 0) is 42.0 Å². The van der Waals surface area contributed by atoms with E-state index < -0.39 is 17.7 Å². The van der Waals surface area contributed by atoms with E-state index in [9.17, 15) is 19.8 Å². The quantitative estimate of drug-likeness (QED) is 0.426. The Bertz CT molecular complexity index is 970. The molecular weight excluding hydrogens is 398 g/mol. The summed E-state index contributed by atoms with van der Waals surface area (Å²) in [7, 11) is 2.90. The predicted octanol–water partition coefficient (Wildman–Crippen LogP) is 3.12. The molecular formula is C21H20ClNO6. The van der Waals surface area contributed by atoms with E-state index in [1.807, 2.05) is 0 Å². The number of carbonyl (C=O) groups excluding carboxylic acids is 2. The first-order valence-electron chi connectivity index (χ1n) is 8.79. The van der Waals surface area contributed by atoms with Crippen molar-refractivity contribution in [3.8, 4) is 11.5 Å². The van der Waals surface area contributed by atoms with Gasteiger partial charge in [0.25, 0.3) is 11.7 Å². The summed E-state index contributed by atoms with van der Waals surface area (Å²) >= 11 is 5.90. The third-order valence-corrected chi connectivity index (χ3v) is 4.96. The van der Waals surface area contributed by atoms with E-state index in [0.717, 1.165) is 0 Å². The maximum absolute atomic E-state index is 12.8. The van der Waals surface area contributed by atoms with Gasteiger partial charge in [0.2, 0.25) is 0 Å². The Morgan fingerprint density at radius 1 is 1.14 bits per heavy atom. The van der Waals surface area contributed by atoms with E-state index >= 15 is 0 Å². The molecule has 0 saturated carbocycles. The number of rotatable bonds is 6. The summed E-state index contributed by atoms with van der Waals surface area (Å²) in [5, 5.41) is 21.5. The molecule has 152 valence electrons. The predicted molar refractivity (Wildman–Crippen MR) is 107 cm³/mol. The van der Waals surface area contributed by atoms with E-state index in [1.54, 1.807) is 30.3 Å². The molecule has 1 unspecified atom stereocenters. The zero-order valence-corrected chi connectivity index (χ0v) is 16.6. The van der Waals surface area contributed by atoms with Crippen LogP contribution in [0.15, 0.2) is 48.0 Å². The highest BCUT2D eigenvalue weighted by Gasteiger charge is 2.46. The van der Waals surface area contributed by atoms with Crippen LogP contribution < -0.4 is 4.74 Å². The monoisotopic (exact) mass is 417 g/mol. The number of Topliss-reactive ketones (excluding diaryl/α,β-unsaturated/α-hetero) is 1. The van der Waals surface area contributed by atoms with Gasteiger partial charge in [-0.2, -0.15) is 0 Å². The number of aromatic hydroxyl groups is 1. The van der Waals surface area contributed by atoms with Crippen molar-refractivity contribution in [3.05, 3.63) is 64.2 Å². The lowest BCUT2D eigenvalue weighted by Crippen LogP contribution is -2.32. The van der Waals surface area contributed by atoms with Crippen molar-refractivity contribution in [2.24, 2.45) is 0 Å². The summed E-state index contributed by atoms with van der Waals surface area (Å²) in [6, 6.07) is 9.94. The van der Waals surface area contributed by atoms with Crippen molar-refractivity contribution in [3.63, 3.8) is 0 Å². The van der Waals surface area contributed by atoms with Gasteiger partial charge in [0.15, 0.2) is 11.5 Å². The van der Waals surface area contributed by atoms with Crippen LogP contribution >= 0.6 is 11.6 Å². The molecule has 0 spiro atoms. The number of benzene rings is 2. The van der Waals surface area contributed by atoms with Crippen LogP contribution in [0.4, 0.5) is 0 Å². The summed E-state index contributed by atoms with van der Waals surface area (Å²) in [6.07, 6.45) is 0. The minimum atomic E-state index is -0.891. The molecule has 2 aromatic rings. The molecule has 3 rings (SSSR count). The minimum absolute atomic E-state index is 0.0713. The standard InChI is InChI=1S/C21H20ClNO6/c1-28-10-9-23-18(13-5-8-16(29-2)15(24)11-13)17(20(26)21(23)27)19(25)12-3-6-14(22)7-4-12/h3-8,11,18,24-25H,9-10H2,1-2H3/b19-17-. The van der Waals surface area contributed by atoms with Gasteiger partial charge in [-0.25, -0.2) is 0 Å². The molecule has 1 amide bonds. The fraction of sp³-hybridized carbons (Fsp3) is 0.238. The Labute approximate surface area is 172 Å². The molecule has 7 nitrogen and oxygen atoms in total. The largest absolute Gasteiger partial charge is 0.507 e. The molecule has 1 fully saturated rings. The highest BCUT2D eigenvalue weighted by atomic mass is 35.5. The number of amides is 1. The van der Waals surface area contributed by atoms with E-state index in [-0.39, 0.29) is 36.0 Å². The summed E-state index contributed by atoms with van der Waals surface area (Å²) in [6.45, 7) is 0.336. The van der Waals surface area contributed by atoms with Crippen molar-refractivity contribution in [2.45, 2.75) is 6.04 Å². The highest BCUT2D eigenvalue weighted by molar-refractivity contribution is 6.46. The van der Waals surface area contributed by atoms with Crippen molar-refractivity contribution in [1.82, 2.24) is 4.90 Å². The second-order valence-corrected chi connectivity index (χ2v) is 6.86. The number of aliphatic hydroxyl groups excluding tert-OH is 1. The molecule has 8 heteroatoms. The van der Waals surface area contributed by atoms with Crippen LogP contribution in [0.1, 0.15) is 17.2 Å². The first-order chi connectivity index (χ1) is 13.9. The summed E-state index contributed by atoms with van der Waals surface area (Å²) in [5.74, 6) is -1.78. The molecule has 0 radical (unpaired) electrons. The lowest BCUT2D eigenvalue weighted by atomic mass is 9.95. The van der Waals surface area contributed by atoms with Crippen LogP contribution in [0.3, 0.4) is 0 Å². The van der Waals surface area contributed by atoms with E-state index in [2.05, 4.69) is 0 Å². The summed E-state index contributed by atoms with van der Waals surface area (Å²) in [4.78, 5) is 26.8. The molecule has 1 aliphatic heterocycles. The van der Waals surface area contributed by atoms with Crippen molar-refractivity contribution in [2.75, 3.05) is 27.4 Å². The van der Waals surface area contributed by atoms with Gasteiger partial charge in [-0.15, -0.1) is 0 Å². The van der Waals surface area contributed by atoms with Gasteiger partial charge in [0.1, 0.15) is 5.76 Å². The lowest BCUT2D eigenvalue weighted by molar-refractivity contribution is -0.140. The number of likely N-dealkylation sites (tertiary alicyclic amines) is 1. The summed E-state index contributed by atoms with van der Waals surface area (Å²) in [5.41, 5.74) is 0.731. The summed E-state index contributed by atoms with van der Waals surface area (Å²) < 4.78 is 10.1. The highest BCUT2D eigenvalue weighted by Crippen LogP contribution is 2.41. The van der Waals surface area contributed by atoms with Gasteiger partial charge in [0.05, 0.1) is 25.3 Å². The van der Waals surface area contributed by atoms with Crippen LogP contribution in [0.2, 0.25) is 5.02 Å². The van der Waals surface area contributed by atoms with Crippen LogP contribution in [0, 0.1) is 0 Å². The number of phenolic OH excluding ortho intramolecular Hbond substituents is 1. The van der Waals surface area contributed by atoms with Crippen LogP contribution in [0.5, 0.6) is 11.5 Å². The number of phenols is 1. The third-order valence-electron chi connectivity index (χ3n) is 4.71. The van der Waals surface area contributed by atoms with Gasteiger partial charge in [-0.3, -0.25) is 9.59 Å². The molecule has 0 bridgehead atoms.